The first-order valence-electron chi connectivity index (χ1n) is 5.09. The fourth-order valence-corrected chi connectivity index (χ4v) is 2.12. The van der Waals surface area contributed by atoms with E-state index in [1.54, 1.807) is 0 Å². The molecular formula is C12H8F2N2O2S. The first kappa shape index (κ1) is 13.3. The van der Waals surface area contributed by atoms with E-state index in [-0.39, 0.29) is 21.2 Å². The number of nitrogens with zero attached hydrogens (tertiary/aromatic N) is 1. The molecule has 3 N–H and O–H groups in total. The van der Waals surface area contributed by atoms with E-state index in [4.69, 9.17) is 10.8 Å². The van der Waals surface area contributed by atoms with Crippen LogP contribution in [0, 0.1) is 11.6 Å². The molecule has 0 saturated heterocycles. The third-order valence-electron chi connectivity index (χ3n) is 2.23. The van der Waals surface area contributed by atoms with Crippen molar-refractivity contribution in [3.8, 4) is 0 Å². The predicted octanol–water partition coefficient (Wildman–Crippen LogP) is 2.79. The van der Waals surface area contributed by atoms with Crippen molar-refractivity contribution >= 4 is 23.4 Å². The topological polar surface area (TPSA) is 76.2 Å². The molecular weight excluding hydrogens is 274 g/mol. The molecule has 0 saturated carbocycles. The summed E-state index contributed by atoms with van der Waals surface area (Å²) in [6.45, 7) is 0. The quantitative estimate of drug-likeness (QED) is 0.905. The van der Waals surface area contributed by atoms with E-state index in [1.165, 1.54) is 12.1 Å². The zero-order chi connectivity index (χ0) is 14.0. The van der Waals surface area contributed by atoms with Gasteiger partial charge in [0.25, 0.3) is 0 Å². The van der Waals surface area contributed by atoms with Crippen LogP contribution >= 0.6 is 11.8 Å². The summed E-state index contributed by atoms with van der Waals surface area (Å²) in [7, 11) is 0. The van der Waals surface area contributed by atoms with Crippen LogP contribution in [0.5, 0.6) is 0 Å². The highest BCUT2D eigenvalue weighted by Crippen LogP contribution is 2.32. The third-order valence-corrected chi connectivity index (χ3v) is 3.31. The third kappa shape index (κ3) is 3.00. The van der Waals surface area contributed by atoms with Crippen LogP contribution in [0.4, 0.5) is 14.5 Å². The maximum atomic E-state index is 13.5. The Bertz CT molecular complexity index is 650. The molecule has 2 rings (SSSR count). The van der Waals surface area contributed by atoms with Crippen molar-refractivity contribution in [2.75, 3.05) is 5.73 Å². The second-order valence-electron chi connectivity index (χ2n) is 3.60. The highest BCUT2D eigenvalue weighted by atomic mass is 32.2. The normalized spacial score (nSPS) is 10.4. The molecule has 0 bridgehead atoms. The Morgan fingerprint density at radius 1 is 1.32 bits per heavy atom. The second kappa shape index (κ2) is 5.23. The van der Waals surface area contributed by atoms with Gasteiger partial charge in [0.15, 0.2) is 0 Å². The number of nitrogen functional groups attached to an aromatic ring is 1. The SMILES string of the molecule is Nc1cc(C(=O)O)cnc1Sc1ccc(F)cc1F. The lowest BCUT2D eigenvalue weighted by Crippen LogP contribution is -2.01. The van der Waals surface area contributed by atoms with Crippen LogP contribution in [0.1, 0.15) is 10.4 Å². The molecule has 0 atom stereocenters. The summed E-state index contributed by atoms with van der Waals surface area (Å²) in [5, 5.41) is 9.02. The van der Waals surface area contributed by atoms with E-state index >= 15 is 0 Å². The van der Waals surface area contributed by atoms with Crippen molar-refractivity contribution in [2.24, 2.45) is 0 Å². The zero-order valence-electron chi connectivity index (χ0n) is 9.43. The summed E-state index contributed by atoms with van der Waals surface area (Å²) < 4.78 is 26.2. The Morgan fingerprint density at radius 2 is 2.05 bits per heavy atom. The standard InChI is InChI=1S/C12H8F2N2O2S/c13-7-1-2-10(8(14)4-7)19-11-9(15)3-6(5-16-11)12(17)18/h1-5H,15H2,(H,17,18). The number of hydrogen-bond acceptors (Lipinski definition) is 4. The molecule has 0 aliphatic rings. The lowest BCUT2D eigenvalue weighted by atomic mass is 10.3. The molecule has 98 valence electrons. The van der Waals surface area contributed by atoms with E-state index in [1.807, 2.05) is 0 Å². The Balaban J connectivity index is 2.31. The van der Waals surface area contributed by atoms with Gasteiger partial charge in [-0.1, -0.05) is 11.8 Å². The number of rotatable bonds is 3. The molecule has 1 heterocycles. The average Bonchev–Trinajstić information content (AvgIpc) is 2.34. The zero-order valence-corrected chi connectivity index (χ0v) is 10.2. The maximum absolute atomic E-state index is 13.5. The number of carboxylic acids is 1. The van der Waals surface area contributed by atoms with Crippen LogP contribution in [-0.4, -0.2) is 16.1 Å². The number of carbonyl (C=O) groups is 1. The minimum atomic E-state index is -1.15. The van der Waals surface area contributed by atoms with Gasteiger partial charge in [0.05, 0.1) is 11.3 Å². The number of anilines is 1. The Kier molecular flexibility index (Phi) is 3.66. The van der Waals surface area contributed by atoms with Crippen LogP contribution < -0.4 is 5.73 Å². The van der Waals surface area contributed by atoms with E-state index in [2.05, 4.69) is 4.98 Å². The van der Waals surface area contributed by atoms with Crippen LogP contribution in [0.2, 0.25) is 0 Å². The molecule has 2 aromatic rings. The van der Waals surface area contributed by atoms with Crippen LogP contribution in [0.15, 0.2) is 40.4 Å². The fraction of sp³-hybridized carbons (Fsp3) is 0. The Hall–Kier alpha value is -2.15. The molecule has 7 heteroatoms. The van der Waals surface area contributed by atoms with E-state index in [0.717, 1.165) is 30.1 Å². The van der Waals surface area contributed by atoms with Gasteiger partial charge in [-0.2, -0.15) is 0 Å². The van der Waals surface area contributed by atoms with E-state index in [0.29, 0.717) is 0 Å². The number of aromatic nitrogens is 1. The summed E-state index contributed by atoms with van der Waals surface area (Å²) in [5.74, 6) is -2.55. The lowest BCUT2D eigenvalue weighted by molar-refractivity contribution is 0.0696. The molecule has 0 aliphatic heterocycles. The van der Waals surface area contributed by atoms with Gasteiger partial charge in [-0.3, -0.25) is 0 Å². The smallest absolute Gasteiger partial charge is 0.337 e. The van der Waals surface area contributed by atoms with Gasteiger partial charge in [0.2, 0.25) is 0 Å². The molecule has 1 aromatic carbocycles. The van der Waals surface area contributed by atoms with Gasteiger partial charge in [-0.05, 0) is 18.2 Å². The van der Waals surface area contributed by atoms with Crippen molar-refractivity contribution in [1.29, 1.82) is 0 Å². The van der Waals surface area contributed by atoms with Crippen molar-refractivity contribution in [3.05, 3.63) is 47.7 Å². The Labute approximate surface area is 111 Å². The molecule has 0 radical (unpaired) electrons. The second-order valence-corrected chi connectivity index (χ2v) is 4.63. The minimum Gasteiger partial charge on any atom is -0.478 e. The van der Waals surface area contributed by atoms with Crippen molar-refractivity contribution in [2.45, 2.75) is 9.92 Å². The highest BCUT2D eigenvalue weighted by molar-refractivity contribution is 7.99. The molecule has 0 unspecified atom stereocenters. The van der Waals surface area contributed by atoms with Gasteiger partial charge in [-0.15, -0.1) is 0 Å². The van der Waals surface area contributed by atoms with Gasteiger partial charge in [-0.25, -0.2) is 18.6 Å². The lowest BCUT2D eigenvalue weighted by Gasteiger charge is -2.06. The maximum Gasteiger partial charge on any atom is 0.337 e. The van der Waals surface area contributed by atoms with Crippen molar-refractivity contribution < 1.29 is 18.7 Å². The van der Waals surface area contributed by atoms with Gasteiger partial charge < -0.3 is 10.8 Å². The first-order valence-corrected chi connectivity index (χ1v) is 5.90. The van der Waals surface area contributed by atoms with E-state index in [9.17, 15) is 13.6 Å². The highest BCUT2D eigenvalue weighted by Gasteiger charge is 2.11. The average molecular weight is 282 g/mol. The Morgan fingerprint density at radius 3 is 2.63 bits per heavy atom. The predicted molar refractivity (Wildman–Crippen MR) is 66.1 cm³/mol. The molecule has 0 amide bonds. The number of aromatic carboxylic acids is 1. The van der Waals surface area contributed by atoms with Crippen LogP contribution in [-0.2, 0) is 0 Å². The summed E-state index contributed by atoms with van der Waals surface area (Å²) in [4.78, 5) is 14.7. The molecule has 0 aliphatic carbocycles. The molecule has 1 aromatic heterocycles. The van der Waals surface area contributed by atoms with Gasteiger partial charge >= 0.3 is 5.97 Å². The number of nitrogens with two attached hydrogens (primary N) is 1. The molecule has 0 spiro atoms. The number of carboxylic acid groups (broad SMARTS) is 1. The summed E-state index contributed by atoms with van der Waals surface area (Å²) in [5.41, 5.74) is 5.71. The summed E-state index contributed by atoms with van der Waals surface area (Å²) in [6, 6.07) is 4.37. The summed E-state index contributed by atoms with van der Waals surface area (Å²) >= 11 is 0.899. The minimum absolute atomic E-state index is 0.0542. The summed E-state index contributed by atoms with van der Waals surface area (Å²) in [6.07, 6.45) is 1.13. The first-order chi connectivity index (χ1) is 8.97. The number of hydrogen-bond donors (Lipinski definition) is 2. The van der Waals surface area contributed by atoms with Crippen LogP contribution in [0.3, 0.4) is 0 Å². The van der Waals surface area contributed by atoms with E-state index < -0.39 is 17.6 Å². The number of benzene rings is 1. The fourth-order valence-electron chi connectivity index (χ4n) is 1.33. The largest absolute Gasteiger partial charge is 0.478 e. The number of pyridine rings is 1. The molecule has 19 heavy (non-hydrogen) atoms. The van der Waals surface area contributed by atoms with Crippen molar-refractivity contribution in [1.82, 2.24) is 4.98 Å². The number of halogens is 2. The van der Waals surface area contributed by atoms with Gasteiger partial charge in [0.1, 0.15) is 16.7 Å². The van der Waals surface area contributed by atoms with Crippen LogP contribution in [0.25, 0.3) is 0 Å². The van der Waals surface area contributed by atoms with Crippen molar-refractivity contribution in [3.63, 3.8) is 0 Å². The molecule has 4 nitrogen and oxygen atoms in total. The monoisotopic (exact) mass is 282 g/mol. The molecule has 0 fully saturated rings. The van der Waals surface area contributed by atoms with Gasteiger partial charge in [0, 0.05) is 17.2 Å².